The average molecular weight is 613 g/mol. The summed E-state index contributed by atoms with van der Waals surface area (Å²) < 4.78 is 80.2. The Labute approximate surface area is 238 Å². The number of nitrogens with zero attached hydrogens (tertiary/aromatic N) is 4. The number of piperidine rings is 1. The van der Waals surface area contributed by atoms with Gasteiger partial charge in [-0.1, -0.05) is 42.8 Å². The zero-order valence-electron chi connectivity index (χ0n) is 22.8. The van der Waals surface area contributed by atoms with Crippen LogP contribution in [0.4, 0.5) is 19.4 Å². The molecule has 14 heteroatoms. The van der Waals surface area contributed by atoms with E-state index in [0.29, 0.717) is 56.3 Å². The number of halogens is 5. The molecule has 0 saturated carbocycles. The highest BCUT2D eigenvalue weighted by Gasteiger charge is 2.65. The first-order valence-electron chi connectivity index (χ1n) is 13.1. The molecule has 0 aliphatic carbocycles. The Bertz CT molecular complexity index is 1600. The maximum absolute atomic E-state index is 13.4. The number of fused-ring (bicyclic) bond motifs is 1. The molecule has 0 radical (unpaired) electrons. The molecule has 1 N–H and O–H groups in total. The van der Waals surface area contributed by atoms with Crippen LogP contribution in [0.5, 0.6) is 5.75 Å². The van der Waals surface area contributed by atoms with Gasteiger partial charge in [0.1, 0.15) is 17.3 Å². The van der Waals surface area contributed by atoms with E-state index >= 15 is 0 Å². The quantitative estimate of drug-likeness (QED) is 0.319. The van der Waals surface area contributed by atoms with E-state index in [1.165, 1.54) is 0 Å². The molecule has 1 spiro atoms. The van der Waals surface area contributed by atoms with Crippen molar-refractivity contribution in [1.82, 2.24) is 14.5 Å². The molecule has 3 aliphatic rings. The number of hydrogen-bond donors (Lipinski definition) is 1. The Morgan fingerprint density at radius 1 is 1.12 bits per heavy atom. The van der Waals surface area contributed by atoms with Gasteiger partial charge in [0.05, 0.1) is 31.4 Å². The van der Waals surface area contributed by atoms with Crippen LogP contribution in [0.3, 0.4) is 0 Å². The molecule has 42 heavy (non-hydrogen) atoms. The fraction of sp³-hybridized carbons (Fsp3) is 0.357. The lowest BCUT2D eigenvalue weighted by molar-refractivity contribution is -0.146. The lowest BCUT2D eigenvalue weighted by Crippen LogP contribution is -2.56. The number of ether oxygens (including phenoxy) is 2. The fourth-order valence-corrected chi connectivity index (χ4v) is 6.51. The molecule has 226 valence electrons. The van der Waals surface area contributed by atoms with Crippen molar-refractivity contribution >= 4 is 22.1 Å². The fourth-order valence-electron chi connectivity index (χ4n) is 5.86. The van der Waals surface area contributed by atoms with E-state index < -0.39 is 27.5 Å². The predicted molar refractivity (Wildman–Crippen MR) is 147 cm³/mol. The minimum absolute atomic E-state index is 0.0614. The van der Waals surface area contributed by atoms with Crippen molar-refractivity contribution < 1.29 is 38.8 Å². The molecule has 2 saturated heterocycles. The van der Waals surface area contributed by atoms with E-state index in [0.717, 1.165) is 34.7 Å². The van der Waals surface area contributed by atoms with Gasteiger partial charge in [-0.15, -0.1) is 0 Å². The minimum Gasteiger partial charge on any atom is -0.495 e. The van der Waals surface area contributed by atoms with E-state index in [9.17, 15) is 24.5 Å². The molecule has 6 rings (SSSR count). The predicted octanol–water partition coefficient (Wildman–Crippen LogP) is 6.53. The van der Waals surface area contributed by atoms with E-state index in [1.54, 1.807) is 18.3 Å². The molecule has 8 nitrogen and oxygen atoms in total. The lowest BCUT2D eigenvalue weighted by atomic mass is 9.75. The summed E-state index contributed by atoms with van der Waals surface area (Å²) in [7, 11) is -8.31. The maximum atomic E-state index is 13.4. The second-order valence-corrected chi connectivity index (χ2v) is 13.4. The largest absolute Gasteiger partial charge is 0.495 e. The summed E-state index contributed by atoms with van der Waals surface area (Å²) in [5.74, 6) is 0.998. The molecule has 1 aromatic heterocycles. The first-order valence-corrected chi connectivity index (χ1v) is 15.1. The van der Waals surface area contributed by atoms with Gasteiger partial charge in [-0.3, -0.25) is 0 Å². The molecule has 0 amide bonds. The Kier molecular flexibility index (Phi) is 6.07. The number of imidazole rings is 1. The number of hydrogen-bond acceptors (Lipinski definition) is 7. The molecule has 4 heterocycles. The Hall–Kier alpha value is -3.62. The van der Waals surface area contributed by atoms with Crippen molar-refractivity contribution in [2.75, 3.05) is 33.5 Å². The molecule has 2 aromatic carbocycles. The van der Waals surface area contributed by atoms with Gasteiger partial charge in [-0.05, 0) is 61.2 Å². The Morgan fingerprint density at radius 3 is 2.48 bits per heavy atom. The van der Waals surface area contributed by atoms with E-state index in [-0.39, 0.29) is 11.0 Å². The van der Waals surface area contributed by atoms with Crippen molar-refractivity contribution in [3.63, 3.8) is 0 Å². The summed E-state index contributed by atoms with van der Waals surface area (Å²) in [5, 5.41) is 14.8. The van der Waals surface area contributed by atoms with Crippen LogP contribution in [0.15, 0.2) is 70.6 Å². The third-order valence-corrected chi connectivity index (χ3v) is 9.17. The van der Waals surface area contributed by atoms with Crippen LogP contribution in [-0.2, 0) is 15.3 Å². The van der Waals surface area contributed by atoms with Crippen LogP contribution in [-0.4, -0.2) is 58.9 Å². The van der Waals surface area contributed by atoms with Crippen molar-refractivity contribution in [3.05, 3.63) is 77.4 Å². The lowest BCUT2D eigenvalue weighted by Gasteiger charge is -2.46. The summed E-state index contributed by atoms with van der Waals surface area (Å²) >= 11 is 0. The molecule has 2 atom stereocenters. The first-order chi connectivity index (χ1) is 19.6. The number of aromatic nitrogens is 2. The molecular weight excluding hydrogens is 583 g/mol. The zero-order valence-corrected chi connectivity index (χ0v) is 23.6. The van der Waals surface area contributed by atoms with Gasteiger partial charge in [-0.2, -0.15) is 0 Å². The van der Waals surface area contributed by atoms with Crippen molar-refractivity contribution in [3.8, 4) is 11.4 Å². The molecular formula is C28H29F5N4O4S. The number of amidine groups is 1. The highest BCUT2D eigenvalue weighted by atomic mass is 32.5. The summed E-state index contributed by atoms with van der Waals surface area (Å²) in [6, 6.07) is 8.11. The van der Waals surface area contributed by atoms with E-state index in [4.69, 9.17) is 14.3 Å². The number of rotatable bonds is 6. The monoisotopic (exact) mass is 612 g/mol. The molecule has 2 unspecified atom stereocenters. The van der Waals surface area contributed by atoms with Crippen LogP contribution >= 0.6 is 10.2 Å². The van der Waals surface area contributed by atoms with Crippen molar-refractivity contribution in [1.29, 1.82) is 0 Å². The second-order valence-electron chi connectivity index (χ2n) is 11.0. The van der Waals surface area contributed by atoms with Gasteiger partial charge in [0, 0.05) is 30.3 Å². The highest BCUT2D eigenvalue weighted by molar-refractivity contribution is 8.45. The SMILES string of the molecule is COc1cc(C=C2CC3(CCOC3)CN3C2=NOC3(CO)c2ccc(S(F)(F)(F)(F)F)cc2)ccc1-n1cnc(C)c1. The van der Waals surface area contributed by atoms with Crippen LogP contribution in [0.25, 0.3) is 11.8 Å². The van der Waals surface area contributed by atoms with Gasteiger partial charge in [0.25, 0.3) is 5.72 Å². The van der Waals surface area contributed by atoms with Crippen LogP contribution in [0.2, 0.25) is 0 Å². The van der Waals surface area contributed by atoms with E-state index in [1.807, 2.05) is 42.0 Å². The third kappa shape index (κ3) is 4.90. The number of aliphatic hydroxyl groups is 1. The normalized spacial score (nSPS) is 26.5. The molecule has 3 aromatic rings. The number of aliphatic hydroxyl groups excluding tert-OH is 1. The molecule has 3 aliphatic heterocycles. The number of aryl methyl sites for hydroxylation is 1. The summed E-state index contributed by atoms with van der Waals surface area (Å²) in [6.07, 6.45) is 6.76. The zero-order chi connectivity index (χ0) is 30.0. The minimum atomic E-state index is -9.88. The number of methoxy groups -OCH3 is 1. The summed E-state index contributed by atoms with van der Waals surface area (Å²) in [5.41, 5.74) is 1.17. The van der Waals surface area contributed by atoms with Crippen LogP contribution < -0.4 is 4.74 Å². The van der Waals surface area contributed by atoms with Gasteiger partial charge >= 0.3 is 10.2 Å². The van der Waals surface area contributed by atoms with Gasteiger partial charge in [0.2, 0.25) is 0 Å². The topological polar surface area (TPSA) is 81.3 Å². The third-order valence-electron chi connectivity index (χ3n) is 8.01. The summed E-state index contributed by atoms with van der Waals surface area (Å²) in [4.78, 5) is 9.73. The van der Waals surface area contributed by atoms with Crippen LogP contribution in [0, 0.1) is 12.3 Å². The first kappa shape index (κ1) is 28.5. The Morgan fingerprint density at radius 2 is 1.88 bits per heavy atom. The van der Waals surface area contributed by atoms with Crippen molar-refractivity contribution in [2.24, 2.45) is 10.6 Å². The second kappa shape index (κ2) is 8.94. The molecule has 2 fully saturated rings. The summed E-state index contributed by atoms with van der Waals surface area (Å²) in [6.45, 7) is 2.46. The smallest absolute Gasteiger partial charge is 0.310 e. The average Bonchev–Trinajstić information content (AvgIpc) is 3.67. The van der Waals surface area contributed by atoms with Gasteiger partial charge in [-0.25, -0.2) is 4.98 Å². The highest BCUT2D eigenvalue weighted by Crippen LogP contribution is 3.02. The van der Waals surface area contributed by atoms with E-state index in [2.05, 4.69) is 10.1 Å². The standard InChI is InChI=1S/C28H29F5N4O4S/c1-19-14-36(18-34-19)24-8-3-20(12-25(24)39-2)11-21-13-27(9-10-40-17-27)15-37-26(21)35-41-28(37,16-38)22-4-6-23(7-5-22)42(29,30,31,32)33/h3-8,11-12,14,18,38H,9-10,13,15-17H2,1-2H3. The Balaban J connectivity index is 1.39. The van der Waals surface area contributed by atoms with Crippen LogP contribution in [0.1, 0.15) is 29.7 Å². The number of benzene rings is 2. The van der Waals surface area contributed by atoms with Crippen molar-refractivity contribution in [2.45, 2.75) is 30.4 Å². The van der Waals surface area contributed by atoms with Gasteiger partial charge in [0.15, 0.2) is 5.84 Å². The number of oxime groups is 1. The molecule has 0 bridgehead atoms. The van der Waals surface area contributed by atoms with Gasteiger partial charge < -0.3 is 28.9 Å². The maximum Gasteiger partial charge on any atom is 0.310 e.